The monoisotopic (exact) mass is 526 g/mol. The molecule has 0 aliphatic heterocycles. The van der Waals surface area contributed by atoms with Gasteiger partial charge in [0.2, 0.25) is 17.7 Å². The maximum absolute atomic E-state index is 13.3. The summed E-state index contributed by atoms with van der Waals surface area (Å²) in [5, 5.41) is 27.5. The second kappa shape index (κ2) is 14.8. The normalized spacial score (nSPS) is 15.7. The van der Waals surface area contributed by atoms with Gasteiger partial charge in [0, 0.05) is 12.8 Å². The molecule has 0 heterocycles. The second-order valence-corrected chi connectivity index (χ2v) is 9.48. The second-order valence-electron chi connectivity index (χ2n) is 9.48. The molecule has 0 saturated heterocycles. The Hall–Kier alpha value is -3.76. The zero-order chi connectivity index (χ0) is 28.2. The van der Waals surface area contributed by atoms with Crippen molar-refractivity contribution >= 4 is 23.7 Å². The molecule has 2 aromatic carbocycles. The van der Waals surface area contributed by atoms with Crippen molar-refractivity contribution in [2.24, 2.45) is 11.7 Å². The maximum atomic E-state index is 13.3. The molecule has 0 aliphatic rings. The lowest BCUT2D eigenvalue weighted by Crippen LogP contribution is -2.60. The van der Waals surface area contributed by atoms with Crippen molar-refractivity contribution < 1.29 is 29.4 Å². The number of aliphatic hydroxyl groups is 1. The number of carbonyl (C=O) groups is 4. The van der Waals surface area contributed by atoms with Crippen LogP contribution in [0.5, 0.6) is 0 Å². The van der Waals surface area contributed by atoms with E-state index in [0.717, 1.165) is 11.1 Å². The van der Waals surface area contributed by atoms with Crippen LogP contribution in [0.4, 0.5) is 0 Å². The van der Waals surface area contributed by atoms with Crippen molar-refractivity contribution in [3.8, 4) is 0 Å². The van der Waals surface area contributed by atoms with Crippen LogP contribution in [0.1, 0.15) is 38.3 Å². The van der Waals surface area contributed by atoms with Crippen molar-refractivity contribution in [3.05, 3.63) is 71.8 Å². The minimum absolute atomic E-state index is 0.0494. The summed E-state index contributed by atoms with van der Waals surface area (Å²) in [6.45, 7) is 5.02. The quantitative estimate of drug-likeness (QED) is 0.211. The van der Waals surface area contributed by atoms with Gasteiger partial charge in [-0.15, -0.1) is 0 Å². The van der Waals surface area contributed by atoms with Crippen LogP contribution in [0, 0.1) is 5.92 Å². The van der Waals surface area contributed by atoms with E-state index in [9.17, 15) is 29.4 Å². The van der Waals surface area contributed by atoms with Gasteiger partial charge in [0.05, 0.1) is 12.1 Å². The van der Waals surface area contributed by atoms with Crippen LogP contribution in [-0.4, -0.2) is 64.2 Å². The summed E-state index contributed by atoms with van der Waals surface area (Å²) in [5.41, 5.74) is 7.42. The highest BCUT2D eigenvalue weighted by Crippen LogP contribution is 2.09. The topological polar surface area (TPSA) is 171 Å². The number of nitrogens with two attached hydrogens (primary N) is 1. The summed E-state index contributed by atoms with van der Waals surface area (Å²) in [6, 6.07) is 13.1. The average Bonchev–Trinajstić information content (AvgIpc) is 2.90. The number of benzene rings is 2. The molecule has 0 aromatic heterocycles. The lowest BCUT2D eigenvalue weighted by molar-refractivity contribution is -0.142. The molecule has 7 N–H and O–H groups in total. The van der Waals surface area contributed by atoms with Crippen molar-refractivity contribution in [2.75, 3.05) is 0 Å². The molecule has 2 rings (SSSR count). The molecule has 206 valence electrons. The Labute approximate surface area is 223 Å². The third kappa shape index (κ3) is 9.28. The molecule has 0 spiro atoms. The van der Waals surface area contributed by atoms with Gasteiger partial charge < -0.3 is 31.9 Å². The van der Waals surface area contributed by atoms with Gasteiger partial charge in [-0.2, -0.15) is 0 Å². The number of aliphatic hydroxyl groups excluding tert-OH is 1. The van der Waals surface area contributed by atoms with Crippen LogP contribution in [0.25, 0.3) is 0 Å². The first-order valence-electron chi connectivity index (χ1n) is 12.7. The smallest absolute Gasteiger partial charge is 0.326 e. The first kappa shape index (κ1) is 30.5. The molecule has 0 fully saturated rings. The molecule has 6 unspecified atom stereocenters. The molecule has 0 aliphatic carbocycles. The van der Waals surface area contributed by atoms with E-state index in [1.165, 1.54) is 6.92 Å². The Morgan fingerprint density at radius 3 is 1.68 bits per heavy atom. The summed E-state index contributed by atoms with van der Waals surface area (Å²) in [5.74, 6) is -3.48. The molecule has 10 heteroatoms. The van der Waals surface area contributed by atoms with Crippen LogP contribution in [0.3, 0.4) is 0 Å². The first-order valence-corrected chi connectivity index (χ1v) is 12.7. The molecule has 6 atom stereocenters. The molecular weight excluding hydrogens is 488 g/mol. The predicted octanol–water partition coefficient (Wildman–Crippen LogP) is 0.765. The number of carbonyl (C=O) groups excluding carboxylic acids is 3. The standard InChI is InChI=1S/C28H38N4O6/c1-4-17(2)23(29)26(35)32-24(18(3)33)27(36)30-21(15-19-11-7-5-8-12-19)25(34)31-22(28(37)38)16-20-13-9-6-10-14-20/h5-14,17-18,21-24,33H,4,15-16,29H2,1-3H3,(H,30,36)(H,31,34)(H,32,35)(H,37,38). The van der Waals surface area contributed by atoms with E-state index < -0.39 is 54.0 Å². The van der Waals surface area contributed by atoms with Gasteiger partial charge in [0.25, 0.3) is 0 Å². The minimum atomic E-state index is -1.37. The molecular formula is C28H38N4O6. The number of amides is 3. The SMILES string of the molecule is CCC(C)C(N)C(=O)NC(C(=O)NC(Cc1ccccc1)C(=O)NC(Cc1ccccc1)C(=O)O)C(C)O. The highest BCUT2D eigenvalue weighted by molar-refractivity contribution is 5.94. The number of hydrogen-bond donors (Lipinski definition) is 6. The lowest BCUT2D eigenvalue weighted by Gasteiger charge is -2.27. The molecule has 0 bridgehead atoms. The van der Waals surface area contributed by atoms with E-state index in [1.807, 2.05) is 6.92 Å². The maximum Gasteiger partial charge on any atom is 0.326 e. The van der Waals surface area contributed by atoms with Gasteiger partial charge >= 0.3 is 5.97 Å². The van der Waals surface area contributed by atoms with Crippen LogP contribution >= 0.6 is 0 Å². The summed E-state index contributed by atoms with van der Waals surface area (Å²) < 4.78 is 0. The summed E-state index contributed by atoms with van der Waals surface area (Å²) in [6.07, 6.45) is -0.530. The fourth-order valence-electron chi connectivity index (χ4n) is 3.81. The molecule has 2 aromatic rings. The van der Waals surface area contributed by atoms with Crippen molar-refractivity contribution in [1.29, 1.82) is 0 Å². The zero-order valence-electron chi connectivity index (χ0n) is 22.0. The Bertz CT molecular complexity index is 1060. The van der Waals surface area contributed by atoms with Gasteiger partial charge in [-0.25, -0.2) is 4.79 Å². The molecule has 38 heavy (non-hydrogen) atoms. The third-order valence-corrected chi connectivity index (χ3v) is 6.44. The predicted molar refractivity (Wildman–Crippen MR) is 143 cm³/mol. The van der Waals surface area contributed by atoms with Gasteiger partial charge in [-0.05, 0) is 24.0 Å². The number of carboxylic acid groups (broad SMARTS) is 1. The highest BCUT2D eigenvalue weighted by atomic mass is 16.4. The summed E-state index contributed by atoms with van der Waals surface area (Å²) >= 11 is 0. The van der Waals surface area contributed by atoms with Crippen molar-refractivity contribution in [2.45, 2.75) is 70.3 Å². The Morgan fingerprint density at radius 2 is 1.24 bits per heavy atom. The number of rotatable bonds is 14. The summed E-state index contributed by atoms with van der Waals surface area (Å²) in [4.78, 5) is 51.0. The molecule has 0 saturated carbocycles. The average molecular weight is 527 g/mol. The van der Waals surface area contributed by atoms with Crippen LogP contribution in [-0.2, 0) is 32.0 Å². The van der Waals surface area contributed by atoms with Crippen LogP contribution in [0.15, 0.2) is 60.7 Å². The van der Waals surface area contributed by atoms with Gasteiger partial charge in [-0.3, -0.25) is 14.4 Å². The van der Waals surface area contributed by atoms with Gasteiger partial charge in [-0.1, -0.05) is 80.9 Å². The number of carboxylic acids is 1. The molecule has 0 radical (unpaired) electrons. The van der Waals surface area contributed by atoms with Gasteiger partial charge in [0.1, 0.15) is 18.1 Å². The minimum Gasteiger partial charge on any atom is -0.480 e. The number of nitrogens with one attached hydrogen (secondary N) is 3. The Balaban J connectivity index is 2.23. The number of hydrogen-bond acceptors (Lipinski definition) is 6. The largest absolute Gasteiger partial charge is 0.480 e. The fourth-order valence-corrected chi connectivity index (χ4v) is 3.81. The van der Waals surface area contributed by atoms with Crippen LogP contribution < -0.4 is 21.7 Å². The van der Waals surface area contributed by atoms with E-state index >= 15 is 0 Å². The highest BCUT2D eigenvalue weighted by Gasteiger charge is 2.33. The lowest BCUT2D eigenvalue weighted by atomic mass is 9.98. The fraction of sp³-hybridized carbons (Fsp3) is 0.429. The van der Waals surface area contributed by atoms with Gasteiger partial charge in [0.15, 0.2) is 0 Å². The van der Waals surface area contributed by atoms with E-state index in [2.05, 4.69) is 16.0 Å². The third-order valence-electron chi connectivity index (χ3n) is 6.44. The van der Waals surface area contributed by atoms with Crippen molar-refractivity contribution in [3.63, 3.8) is 0 Å². The Morgan fingerprint density at radius 1 is 0.763 bits per heavy atom. The number of aliphatic carboxylic acids is 1. The first-order chi connectivity index (χ1) is 18.0. The summed E-state index contributed by atoms with van der Waals surface area (Å²) in [7, 11) is 0. The van der Waals surface area contributed by atoms with E-state index in [0.29, 0.717) is 6.42 Å². The van der Waals surface area contributed by atoms with Crippen LogP contribution in [0.2, 0.25) is 0 Å². The van der Waals surface area contributed by atoms with E-state index in [1.54, 1.807) is 67.6 Å². The Kier molecular flexibility index (Phi) is 11.9. The molecule has 3 amide bonds. The molecule has 10 nitrogen and oxygen atoms in total. The zero-order valence-corrected chi connectivity index (χ0v) is 22.0. The van der Waals surface area contributed by atoms with Crippen molar-refractivity contribution in [1.82, 2.24) is 16.0 Å². The van der Waals surface area contributed by atoms with E-state index in [4.69, 9.17) is 5.73 Å². The van der Waals surface area contributed by atoms with E-state index in [-0.39, 0.29) is 18.8 Å².